The summed E-state index contributed by atoms with van der Waals surface area (Å²) in [6.07, 6.45) is 1.58. The van der Waals surface area contributed by atoms with E-state index >= 15 is 0 Å². The number of para-hydroxylation sites is 1. The predicted octanol–water partition coefficient (Wildman–Crippen LogP) is 2.55. The number of carbonyl (C=O) groups is 2. The van der Waals surface area contributed by atoms with Gasteiger partial charge in [-0.25, -0.2) is 4.98 Å². The Bertz CT molecular complexity index is 861. The molecule has 0 atom stereocenters. The number of aromatic nitrogens is 1. The zero-order chi connectivity index (χ0) is 20.8. The van der Waals surface area contributed by atoms with Gasteiger partial charge < -0.3 is 10.6 Å². The first-order valence-corrected chi connectivity index (χ1v) is 10.0. The van der Waals surface area contributed by atoms with Crippen molar-refractivity contribution in [3.63, 3.8) is 0 Å². The van der Waals surface area contributed by atoms with Crippen LogP contribution in [0.2, 0.25) is 5.15 Å². The van der Waals surface area contributed by atoms with Crippen molar-refractivity contribution in [1.82, 2.24) is 14.8 Å². The van der Waals surface area contributed by atoms with Crippen LogP contribution in [0.4, 0.5) is 11.4 Å². The van der Waals surface area contributed by atoms with E-state index in [9.17, 15) is 9.59 Å². The molecule has 2 amide bonds. The van der Waals surface area contributed by atoms with Crippen molar-refractivity contribution in [3.05, 3.63) is 52.8 Å². The summed E-state index contributed by atoms with van der Waals surface area (Å²) >= 11 is 5.97. The predicted molar refractivity (Wildman–Crippen MR) is 115 cm³/mol. The van der Waals surface area contributed by atoms with E-state index in [2.05, 4.69) is 25.4 Å². The highest BCUT2D eigenvalue weighted by Crippen LogP contribution is 2.19. The molecule has 0 saturated carbocycles. The molecular weight excluding hydrogens is 390 g/mol. The third-order valence-electron chi connectivity index (χ3n) is 4.98. The summed E-state index contributed by atoms with van der Waals surface area (Å²) in [5.74, 6) is -0.138. The molecule has 1 aliphatic heterocycles. The minimum absolute atomic E-state index is 0.0141. The van der Waals surface area contributed by atoms with E-state index < -0.39 is 0 Å². The average molecular weight is 416 g/mol. The second-order valence-corrected chi connectivity index (χ2v) is 7.62. The molecule has 29 heavy (non-hydrogen) atoms. The number of hydrogen-bond donors (Lipinski definition) is 2. The van der Waals surface area contributed by atoms with Gasteiger partial charge in [-0.2, -0.15) is 0 Å². The lowest BCUT2D eigenvalue weighted by molar-refractivity contribution is -0.120. The molecule has 1 saturated heterocycles. The summed E-state index contributed by atoms with van der Waals surface area (Å²) in [5, 5.41) is 6.09. The Morgan fingerprint density at radius 1 is 0.931 bits per heavy atom. The fourth-order valence-electron chi connectivity index (χ4n) is 3.37. The normalized spacial score (nSPS) is 15.1. The molecule has 8 heteroatoms. The maximum absolute atomic E-state index is 12.4. The highest BCUT2D eigenvalue weighted by atomic mass is 35.5. The van der Waals surface area contributed by atoms with Gasteiger partial charge in [0.2, 0.25) is 11.8 Å². The zero-order valence-electron chi connectivity index (χ0n) is 16.7. The minimum Gasteiger partial charge on any atom is -0.324 e. The second-order valence-electron chi connectivity index (χ2n) is 7.26. The Kier molecular flexibility index (Phi) is 7.19. The van der Waals surface area contributed by atoms with E-state index in [-0.39, 0.29) is 23.5 Å². The smallest absolute Gasteiger partial charge is 0.238 e. The standard InChI is InChI=1S/C21H26ClN5O2/c1-15-5-3-6-16(2)20(15)25-19(29)14-27-11-9-26(10-12-27)13-18(28)24-17-7-4-8-23-21(17)22/h3-8H,9-14H2,1-2H3,(H,24,28)(H,25,29). The van der Waals surface area contributed by atoms with E-state index in [1.165, 1.54) is 0 Å². The molecular formula is C21H26ClN5O2. The van der Waals surface area contributed by atoms with Crippen LogP contribution in [-0.2, 0) is 9.59 Å². The highest BCUT2D eigenvalue weighted by molar-refractivity contribution is 6.32. The maximum Gasteiger partial charge on any atom is 0.238 e. The summed E-state index contributed by atoms with van der Waals surface area (Å²) in [6.45, 7) is 7.54. The Balaban J connectivity index is 1.42. The fourth-order valence-corrected chi connectivity index (χ4v) is 3.54. The molecule has 1 aliphatic rings. The highest BCUT2D eigenvalue weighted by Gasteiger charge is 2.21. The van der Waals surface area contributed by atoms with Crippen molar-refractivity contribution in [2.24, 2.45) is 0 Å². The third-order valence-corrected chi connectivity index (χ3v) is 5.28. The number of hydrogen-bond acceptors (Lipinski definition) is 5. The van der Waals surface area contributed by atoms with Crippen molar-refractivity contribution < 1.29 is 9.59 Å². The molecule has 2 N–H and O–H groups in total. The van der Waals surface area contributed by atoms with Crippen LogP contribution in [0.25, 0.3) is 0 Å². The van der Waals surface area contributed by atoms with E-state index in [1.54, 1.807) is 18.3 Å². The van der Waals surface area contributed by atoms with Crippen LogP contribution in [-0.4, -0.2) is 65.9 Å². The molecule has 3 rings (SSSR count). The summed E-state index contributed by atoms with van der Waals surface area (Å²) in [6, 6.07) is 9.41. The molecule has 154 valence electrons. The Morgan fingerprint density at radius 2 is 1.48 bits per heavy atom. The second kappa shape index (κ2) is 9.82. The van der Waals surface area contributed by atoms with Gasteiger partial charge >= 0.3 is 0 Å². The van der Waals surface area contributed by atoms with E-state index in [0.29, 0.717) is 12.2 Å². The van der Waals surface area contributed by atoms with Gasteiger partial charge in [-0.1, -0.05) is 29.8 Å². The number of nitrogens with one attached hydrogen (secondary N) is 2. The summed E-state index contributed by atoms with van der Waals surface area (Å²) < 4.78 is 0. The first-order chi connectivity index (χ1) is 13.9. The van der Waals surface area contributed by atoms with Gasteiger partial charge in [-0.05, 0) is 37.1 Å². The van der Waals surface area contributed by atoms with E-state index in [1.807, 2.05) is 32.0 Å². The molecule has 7 nitrogen and oxygen atoms in total. The van der Waals surface area contributed by atoms with Gasteiger partial charge in [-0.3, -0.25) is 19.4 Å². The Labute approximate surface area is 176 Å². The number of pyridine rings is 1. The summed E-state index contributed by atoms with van der Waals surface area (Å²) in [5.41, 5.74) is 3.52. The van der Waals surface area contributed by atoms with Gasteiger partial charge in [0.05, 0.1) is 18.8 Å². The molecule has 0 radical (unpaired) electrons. The zero-order valence-corrected chi connectivity index (χ0v) is 17.5. The largest absolute Gasteiger partial charge is 0.324 e. The van der Waals surface area contributed by atoms with E-state index in [4.69, 9.17) is 11.6 Å². The van der Waals surface area contributed by atoms with Gasteiger partial charge in [-0.15, -0.1) is 0 Å². The van der Waals surface area contributed by atoms with Crippen LogP contribution in [0.1, 0.15) is 11.1 Å². The van der Waals surface area contributed by atoms with Gasteiger partial charge in [0.1, 0.15) is 0 Å². The van der Waals surface area contributed by atoms with Crippen LogP contribution in [0, 0.1) is 13.8 Å². The number of carbonyl (C=O) groups excluding carboxylic acids is 2. The molecule has 2 heterocycles. The molecule has 2 aromatic rings. The van der Waals surface area contributed by atoms with E-state index in [0.717, 1.165) is 43.0 Å². The van der Waals surface area contributed by atoms with Crippen LogP contribution in [0.15, 0.2) is 36.5 Å². The monoisotopic (exact) mass is 415 g/mol. The van der Waals surface area contributed by atoms with Crippen molar-refractivity contribution in [2.75, 3.05) is 49.9 Å². The number of piperazine rings is 1. The van der Waals surface area contributed by atoms with Crippen LogP contribution >= 0.6 is 11.6 Å². The van der Waals surface area contributed by atoms with Crippen LogP contribution < -0.4 is 10.6 Å². The summed E-state index contributed by atoms with van der Waals surface area (Å²) in [7, 11) is 0. The molecule has 0 aliphatic carbocycles. The molecule has 1 aromatic carbocycles. The topological polar surface area (TPSA) is 77.6 Å². The van der Waals surface area contributed by atoms with Gasteiger partial charge in [0.25, 0.3) is 0 Å². The van der Waals surface area contributed by atoms with Crippen molar-refractivity contribution in [2.45, 2.75) is 13.8 Å². The summed E-state index contributed by atoms with van der Waals surface area (Å²) in [4.78, 5) is 32.8. The number of benzene rings is 1. The maximum atomic E-state index is 12.4. The van der Waals surface area contributed by atoms with Crippen molar-refractivity contribution in [3.8, 4) is 0 Å². The molecule has 0 bridgehead atoms. The lowest BCUT2D eigenvalue weighted by Gasteiger charge is -2.33. The molecule has 1 fully saturated rings. The van der Waals surface area contributed by atoms with Crippen LogP contribution in [0.5, 0.6) is 0 Å². The molecule has 0 unspecified atom stereocenters. The van der Waals surface area contributed by atoms with Crippen molar-refractivity contribution in [1.29, 1.82) is 0 Å². The Hall–Kier alpha value is -2.48. The number of nitrogens with zero attached hydrogens (tertiary/aromatic N) is 3. The SMILES string of the molecule is Cc1cccc(C)c1NC(=O)CN1CCN(CC(=O)Nc2cccnc2Cl)CC1. The quantitative estimate of drug-likeness (QED) is 0.709. The number of anilines is 2. The number of aryl methyl sites for hydroxylation is 2. The van der Waals surface area contributed by atoms with Gasteiger partial charge in [0.15, 0.2) is 5.15 Å². The fraction of sp³-hybridized carbons (Fsp3) is 0.381. The Morgan fingerprint density at radius 3 is 2.03 bits per heavy atom. The first kappa shape index (κ1) is 21.2. The van der Waals surface area contributed by atoms with Crippen molar-refractivity contribution >= 4 is 34.8 Å². The minimum atomic E-state index is -0.124. The van der Waals surface area contributed by atoms with Crippen LogP contribution in [0.3, 0.4) is 0 Å². The lowest BCUT2D eigenvalue weighted by atomic mass is 10.1. The molecule has 1 aromatic heterocycles. The first-order valence-electron chi connectivity index (χ1n) is 9.63. The lowest BCUT2D eigenvalue weighted by Crippen LogP contribution is -2.50. The van der Waals surface area contributed by atoms with Gasteiger partial charge in [0, 0.05) is 38.1 Å². The number of amides is 2. The molecule has 0 spiro atoms. The third kappa shape index (κ3) is 6.00. The average Bonchev–Trinajstić information content (AvgIpc) is 2.68. The number of rotatable bonds is 6. The number of halogens is 1.